The van der Waals surface area contributed by atoms with E-state index in [9.17, 15) is 4.79 Å². The summed E-state index contributed by atoms with van der Waals surface area (Å²) in [6.45, 7) is 5.68. The van der Waals surface area contributed by atoms with Crippen LogP contribution in [0.3, 0.4) is 0 Å². The van der Waals surface area contributed by atoms with Gasteiger partial charge in [0.1, 0.15) is 11.7 Å². The number of hydrogen-bond donors (Lipinski definition) is 1. The molecule has 4 nitrogen and oxygen atoms in total. The Labute approximate surface area is 123 Å². The molecule has 0 aliphatic rings. The second kappa shape index (κ2) is 5.81. The number of carbonyl (C=O) groups is 1. The van der Waals surface area contributed by atoms with Crippen LogP contribution in [0.5, 0.6) is 0 Å². The summed E-state index contributed by atoms with van der Waals surface area (Å²) in [5.74, 6) is -0.365. The van der Waals surface area contributed by atoms with E-state index in [1.54, 1.807) is 6.07 Å². The third kappa shape index (κ3) is 3.79. The average Bonchev–Trinajstić information content (AvgIpc) is 2.23. The number of carbonyl (C=O) groups excluding carboxylic acids is 1. The Balaban J connectivity index is 2.93. The molecule has 0 unspecified atom stereocenters. The maximum Gasteiger partial charge on any atom is 0.272 e. The number of aromatic nitrogens is 1. The first-order valence-electron chi connectivity index (χ1n) is 5.27. The summed E-state index contributed by atoms with van der Waals surface area (Å²) < 4.78 is 1.36. The van der Waals surface area contributed by atoms with Crippen molar-refractivity contribution in [3.63, 3.8) is 0 Å². The number of nitriles is 1. The molecule has 1 amide bonds. The van der Waals surface area contributed by atoms with Gasteiger partial charge in [0.25, 0.3) is 5.91 Å². The second-order valence-corrected chi connectivity index (χ2v) is 6.66. The number of pyridine rings is 1. The van der Waals surface area contributed by atoms with Crippen molar-refractivity contribution in [3.05, 3.63) is 26.9 Å². The van der Waals surface area contributed by atoms with E-state index in [0.717, 1.165) is 4.47 Å². The van der Waals surface area contributed by atoms with Gasteiger partial charge in [0.2, 0.25) is 0 Å². The highest BCUT2D eigenvalue weighted by molar-refractivity contribution is 9.11. The smallest absolute Gasteiger partial charge is 0.272 e. The predicted molar refractivity (Wildman–Crippen MR) is 76.0 cm³/mol. The molecule has 0 saturated carbocycles. The van der Waals surface area contributed by atoms with E-state index in [2.05, 4.69) is 48.2 Å². The normalized spacial score (nSPS) is 12.7. The molecule has 0 fully saturated rings. The SMILES string of the molecule is CC(C)(C)[C@H](C#N)NC(=O)c1ncc(Br)cc1Br. The topological polar surface area (TPSA) is 65.8 Å². The molecule has 1 atom stereocenters. The van der Waals surface area contributed by atoms with E-state index in [1.165, 1.54) is 6.20 Å². The summed E-state index contributed by atoms with van der Waals surface area (Å²) in [7, 11) is 0. The Morgan fingerprint density at radius 3 is 2.56 bits per heavy atom. The van der Waals surface area contributed by atoms with Gasteiger partial charge in [-0.2, -0.15) is 5.26 Å². The predicted octanol–water partition coefficient (Wildman–Crippen LogP) is 3.27. The molecular formula is C12H13Br2N3O. The standard InChI is InChI=1S/C12H13Br2N3O/c1-12(2,3)9(5-15)17-11(18)10-8(14)4-7(13)6-16-10/h4,6,9H,1-3H3,(H,17,18)/t9-/m0/s1. The molecule has 0 bridgehead atoms. The maximum absolute atomic E-state index is 12.0. The first kappa shape index (κ1) is 15.1. The maximum atomic E-state index is 12.0. The fourth-order valence-electron chi connectivity index (χ4n) is 1.22. The number of amides is 1. The Morgan fingerprint density at radius 2 is 2.11 bits per heavy atom. The molecule has 1 N–H and O–H groups in total. The van der Waals surface area contributed by atoms with Crippen LogP contribution in [0.4, 0.5) is 0 Å². The average molecular weight is 375 g/mol. The molecule has 1 rings (SSSR count). The van der Waals surface area contributed by atoms with Crippen LogP contribution in [0.2, 0.25) is 0 Å². The first-order chi connectivity index (χ1) is 8.25. The number of rotatable bonds is 2. The quantitative estimate of drug-likeness (QED) is 0.863. The first-order valence-corrected chi connectivity index (χ1v) is 6.86. The zero-order valence-corrected chi connectivity index (χ0v) is 13.5. The summed E-state index contributed by atoms with van der Waals surface area (Å²) in [6, 6.07) is 3.26. The van der Waals surface area contributed by atoms with Crippen LogP contribution >= 0.6 is 31.9 Å². The van der Waals surface area contributed by atoms with Crippen molar-refractivity contribution in [3.8, 4) is 6.07 Å². The zero-order chi connectivity index (χ0) is 13.9. The van der Waals surface area contributed by atoms with Crippen molar-refractivity contribution in [1.82, 2.24) is 10.3 Å². The largest absolute Gasteiger partial charge is 0.334 e. The highest BCUT2D eigenvalue weighted by Gasteiger charge is 2.27. The number of nitrogens with one attached hydrogen (secondary N) is 1. The van der Waals surface area contributed by atoms with Crippen molar-refractivity contribution in [1.29, 1.82) is 5.26 Å². The molecule has 0 spiro atoms. The van der Waals surface area contributed by atoms with Crippen LogP contribution in [0.15, 0.2) is 21.2 Å². The summed E-state index contributed by atoms with van der Waals surface area (Å²) in [5, 5.41) is 11.7. The summed E-state index contributed by atoms with van der Waals surface area (Å²) >= 11 is 6.54. The van der Waals surface area contributed by atoms with Crippen LogP contribution in [-0.4, -0.2) is 16.9 Å². The third-order valence-electron chi connectivity index (χ3n) is 2.29. The molecule has 6 heteroatoms. The number of hydrogen-bond acceptors (Lipinski definition) is 3. The lowest BCUT2D eigenvalue weighted by molar-refractivity contribution is 0.0916. The van der Waals surface area contributed by atoms with Gasteiger partial charge in [0.05, 0.1) is 10.5 Å². The number of nitrogens with zero attached hydrogens (tertiary/aromatic N) is 2. The van der Waals surface area contributed by atoms with Gasteiger partial charge >= 0.3 is 0 Å². The molecular weight excluding hydrogens is 362 g/mol. The van der Waals surface area contributed by atoms with Gasteiger partial charge in [-0.1, -0.05) is 20.8 Å². The van der Waals surface area contributed by atoms with Gasteiger partial charge in [-0.15, -0.1) is 0 Å². The molecule has 18 heavy (non-hydrogen) atoms. The van der Waals surface area contributed by atoms with Gasteiger partial charge < -0.3 is 5.32 Å². The van der Waals surface area contributed by atoms with Gasteiger partial charge in [-0.25, -0.2) is 4.98 Å². The van der Waals surface area contributed by atoms with E-state index in [4.69, 9.17) is 5.26 Å². The van der Waals surface area contributed by atoms with Gasteiger partial charge in [0.15, 0.2) is 0 Å². The fourth-order valence-corrected chi connectivity index (χ4v) is 2.39. The monoisotopic (exact) mass is 373 g/mol. The van der Waals surface area contributed by atoms with Gasteiger partial charge in [0, 0.05) is 10.7 Å². The van der Waals surface area contributed by atoms with Crippen LogP contribution in [0, 0.1) is 16.7 Å². The van der Waals surface area contributed by atoms with E-state index in [-0.39, 0.29) is 17.0 Å². The van der Waals surface area contributed by atoms with Crippen molar-refractivity contribution < 1.29 is 4.79 Å². The zero-order valence-electron chi connectivity index (χ0n) is 10.3. The highest BCUT2D eigenvalue weighted by Crippen LogP contribution is 2.22. The Morgan fingerprint density at radius 1 is 1.50 bits per heavy atom. The van der Waals surface area contributed by atoms with Crippen molar-refractivity contribution in [2.45, 2.75) is 26.8 Å². The molecule has 1 heterocycles. The second-order valence-electron chi connectivity index (χ2n) is 4.89. The minimum atomic E-state index is -0.567. The van der Waals surface area contributed by atoms with E-state index >= 15 is 0 Å². The third-order valence-corrected chi connectivity index (χ3v) is 3.33. The lowest BCUT2D eigenvalue weighted by Gasteiger charge is -2.25. The van der Waals surface area contributed by atoms with Crippen molar-refractivity contribution in [2.75, 3.05) is 0 Å². The summed E-state index contributed by atoms with van der Waals surface area (Å²) in [6.07, 6.45) is 1.54. The molecule has 0 aromatic carbocycles. The molecule has 0 aliphatic heterocycles. The Bertz CT molecular complexity index is 503. The van der Waals surface area contributed by atoms with Crippen molar-refractivity contribution in [2.24, 2.45) is 5.41 Å². The minimum absolute atomic E-state index is 0.266. The van der Waals surface area contributed by atoms with E-state index in [1.807, 2.05) is 20.8 Å². The van der Waals surface area contributed by atoms with E-state index in [0.29, 0.717) is 4.47 Å². The molecule has 0 radical (unpaired) electrons. The lowest BCUT2D eigenvalue weighted by atomic mass is 9.87. The van der Waals surface area contributed by atoms with Crippen molar-refractivity contribution >= 4 is 37.8 Å². The van der Waals surface area contributed by atoms with Crippen LogP contribution < -0.4 is 5.32 Å². The number of halogens is 2. The van der Waals surface area contributed by atoms with E-state index < -0.39 is 6.04 Å². The molecule has 1 aromatic heterocycles. The molecule has 1 aromatic rings. The van der Waals surface area contributed by atoms with Crippen LogP contribution in [0.1, 0.15) is 31.3 Å². The van der Waals surface area contributed by atoms with Gasteiger partial charge in [-0.05, 0) is 43.3 Å². The fraction of sp³-hybridized carbons (Fsp3) is 0.417. The molecule has 0 saturated heterocycles. The Kier molecular flexibility index (Phi) is 4.88. The minimum Gasteiger partial charge on any atom is -0.334 e. The Hall–Kier alpha value is -0.930. The van der Waals surface area contributed by atoms with Crippen LogP contribution in [0.25, 0.3) is 0 Å². The lowest BCUT2D eigenvalue weighted by Crippen LogP contribution is -2.43. The summed E-state index contributed by atoms with van der Waals surface area (Å²) in [5.41, 5.74) is -0.0607. The summed E-state index contributed by atoms with van der Waals surface area (Å²) in [4.78, 5) is 16.1. The highest BCUT2D eigenvalue weighted by atomic mass is 79.9. The van der Waals surface area contributed by atoms with Crippen LogP contribution in [-0.2, 0) is 0 Å². The molecule has 0 aliphatic carbocycles. The van der Waals surface area contributed by atoms with Gasteiger partial charge in [-0.3, -0.25) is 4.79 Å². The molecule has 96 valence electrons.